The molecule has 0 N–H and O–H groups in total. The fraction of sp³-hybridized carbons (Fsp3) is 0.111. The lowest BCUT2D eigenvalue weighted by atomic mass is 10.2. The summed E-state index contributed by atoms with van der Waals surface area (Å²) >= 11 is 0.759. The Kier molecular flexibility index (Phi) is 1.80. The van der Waals surface area contributed by atoms with Gasteiger partial charge < -0.3 is 0 Å². The molecular weight excluding hydrogens is 197 g/mol. The molecule has 2 rings (SSSR count). The number of halogens is 3. The first-order valence-corrected chi connectivity index (χ1v) is 4.36. The Bertz CT molecular complexity index is 395. The summed E-state index contributed by atoms with van der Waals surface area (Å²) in [6, 6.07) is 8.69. The lowest BCUT2D eigenvalue weighted by molar-refractivity contribution is -0.134. The quantitative estimate of drug-likeness (QED) is 0.609. The van der Waals surface area contributed by atoms with Gasteiger partial charge in [0.2, 0.25) is 0 Å². The van der Waals surface area contributed by atoms with Gasteiger partial charge >= 0.3 is 6.18 Å². The van der Waals surface area contributed by atoms with Gasteiger partial charge in [0, 0.05) is 4.70 Å². The second kappa shape index (κ2) is 2.73. The summed E-state index contributed by atoms with van der Waals surface area (Å²) in [5.41, 5.74) is 0. The van der Waals surface area contributed by atoms with E-state index < -0.39 is 11.1 Å². The fourth-order valence-corrected chi connectivity index (χ4v) is 1.97. The highest BCUT2D eigenvalue weighted by atomic mass is 32.1. The van der Waals surface area contributed by atoms with E-state index in [9.17, 15) is 13.2 Å². The average Bonchev–Trinajstić information content (AvgIpc) is 2.45. The van der Waals surface area contributed by atoms with Crippen molar-refractivity contribution in [2.24, 2.45) is 0 Å². The molecule has 0 aliphatic heterocycles. The van der Waals surface area contributed by atoms with E-state index >= 15 is 0 Å². The van der Waals surface area contributed by atoms with Gasteiger partial charge in [0.25, 0.3) is 0 Å². The summed E-state index contributed by atoms with van der Waals surface area (Å²) in [4.78, 5) is -0.554. The SMILES string of the molecule is FC(F)(F)c1cc2c[c]ccc2s1. The Morgan fingerprint density at radius 1 is 1.31 bits per heavy atom. The van der Waals surface area contributed by atoms with Crippen LogP contribution in [-0.2, 0) is 6.18 Å². The van der Waals surface area contributed by atoms with E-state index in [2.05, 4.69) is 6.07 Å². The number of hydrogen-bond donors (Lipinski definition) is 0. The third-order valence-electron chi connectivity index (χ3n) is 1.64. The van der Waals surface area contributed by atoms with E-state index in [0.717, 1.165) is 17.4 Å². The van der Waals surface area contributed by atoms with Crippen LogP contribution in [0.5, 0.6) is 0 Å². The molecule has 1 aromatic carbocycles. The summed E-state index contributed by atoms with van der Waals surface area (Å²) in [5.74, 6) is 0. The molecule has 0 amide bonds. The maximum Gasteiger partial charge on any atom is 0.425 e. The van der Waals surface area contributed by atoms with Gasteiger partial charge in [0.1, 0.15) is 4.88 Å². The van der Waals surface area contributed by atoms with Crippen LogP contribution >= 0.6 is 11.3 Å². The molecule has 0 unspecified atom stereocenters. The van der Waals surface area contributed by atoms with Crippen LogP contribution in [0, 0.1) is 6.07 Å². The highest BCUT2D eigenvalue weighted by Gasteiger charge is 2.32. The first kappa shape index (κ1) is 8.56. The van der Waals surface area contributed by atoms with Crippen molar-refractivity contribution in [3.05, 3.63) is 35.2 Å². The van der Waals surface area contributed by atoms with Crippen LogP contribution < -0.4 is 0 Å². The van der Waals surface area contributed by atoms with Crippen molar-refractivity contribution < 1.29 is 13.2 Å². The van der Waals surface area contributed by atoms with Crippen molar-refractivity contribution >= 4 is 21.4 Å². The van der Waals surface area contributed by atoms with Crippen molar-refractivity contribution in [2.45, 2.75) is 6.18 Å². The number of thiophene rings is 1. The minimum absolute atomic E-state index is 0.554. The van der Waals surface area contributed by atoms with Crippen LogP contribution in [-0.4, -0.2) is 0 Å². The molecule has 0 fully saturated rings. The van der Waals surface area contributed by atoms with Crippen LogP contribution in [0.4, 0.5) is 13.2 Å². The molecule has 13 heavy (non-hydrogen) atoms. The summed E-state index contributed by atoms with van der Waals surface area (Å²) in [7, 11) is 0. The van der Waals surface area contributed by atoms with Gasteiger partial charge in [-0.2, -0.15) is 13.2 Å². The molecule has 0 nitrogen and oxygen atoms in total. The van der Waals surface area contributed by atoms with Crippen molar-refractivity contribution in [1.82, 2.24) is 0 Å². The zero-order valence-electron chi connectivity index (χ0n) is 6.35. The van der Waals surface area contributed by atoms with E-state index in [-0.39, 0.29) is 0 Å². The number of rotatable bonds is 0. The largest absolute Gasteiger partial charge is 0.425 e. The van der Waals surface area contributed by atoms with E-state index in [1.165, 1.54) is 0 Å². The maximum absolute atomic E-state index is 12.2. The van der Waals surface area contributed by atoms with Gasteiger partial charge in [-0.25, -0.2) is 0 Å². The molecule has 0 aliphatic carbocycles. The highest BCUT2D eigenvalue weighted by Crippen LogP contribution is 2.37. The van der Waals surface area contributed by atoms with Gasteiger partial charge in [0.05, 0.1) is 0 Å². The monoisotopic (exact) mass is 201 g/mol. The Hall–Kier alpha value is -1.03. The molecule has 4 heteroatoms. The molecule has 0 saturated carbocycles. The molecule has 0 atom stereocenters. The summed E-state index contributed by atoms with van der Waals surface area (Å²) < 4.78 is 37.3. The van der Waals surface area contributed by atoms with Crippen molar-refractivity contribution in [3.8, 4) is 0 Å². The molecule has 0 spiro atoms. The van der Waals surface area contributed by atoms with Crippen LogP contribution in [0.2, 0.25) is 0 Å². The normalized spacial score (nSPS) is 12.2. The standard InChI is InChI=1S/C9H4F3S/c10-9(11,12)8-5-6-3-1-2-4-7(6)13-8/h2-5H. The van der Waals surface area contributed by atoms with Gasteiger partial charge in [-0.3, -0.25) is 0 Å². The first-order chi connectivity index (χ1) is 6.07. The molecule has 1 radical (unpaired) electrons. The maximum atomic E-state index is 12.2. The second-order valence-electron chi connectivity index (χ2n) is 2.57. The number of benzene rings is 1. The highest BCUT2D eigenvalue weighted by molar-refractivity contribution is 7.19. The lowest BCUT2D eigenvalue weighted by Crippen LogP contribution is -2.00. The van der Waals surface area contributed by atoms with Gasteiger partial charge in [-0.15, -0.1) is 11.3 Å². The molecule has 1 heterocycles. The number of fused-ring (bicyclic) bond motifs is 1. The van der Waals surface area contributed by atoms with Crippen molar-refractivity contribution in [3.63, 3.8) is 0 Å². The first-order valence-electron chi connectivity index (χ1n) is 3.54. The molecule has 2 aromatic rings. The molecule has 1 aromatic heterocycles. The number of hydrogen-bond acceptors (Lipinski definition) is 1. The average molecular weight is 201 g/mol. The van der Waals surface area contributed by atoms with Crippen LogP contribution in [0.1, 0.15) is 4.88 Å². The fourth-order valence-electron chi connectivity index (χ4n) is 1.06. The topological polar surface area (TPSA) is 0 Å². The summed E-state index contributed by atoms with van der Waals surface area (Å²) in [6.07, 6.45) is -4.23. The third kappa shape index (κ3) is 1.54. The lowest BCUT2D eigenvalue weighted by Gasteiger charge is -1.99. The van der Waals surface area contributed by atoms with Crippen molar-refractivity contribution in [1.29, 1.82) is 0 Å². The summed E-state index contributed by atoms with van der Waals surface area (Å²) in [5, 5.41) is 0.597. The second-order valence-corrected chi connectivity index (χ2v) is 3.66. The minimum atomic E-state index is -4.23. The van der Waals surface area contributed by atoms with Crippen LogP contribution in [0.3, 0.4) is 0 Å². The van der Waals surface area contributed by atoms with E-state index in [0.29, 0.717) is 10.1 Å². The number of alkyl halides is 3. The van der Waals surface area contributed by atoms with Gasteiger partial charge in [0.15, 0.2) is 0 Å². The predicted molar refractivity (Wildman–Crippen MR) is 45.7 cm³/mol. The Morgan fingerprint density at radius 2 is 2.08 bits per heavy atom. The summed E-state index contributed by atoms with van der Waals surface area (Å²) in [6.45, 7) is 0. The van der Waals surface area contributed by atoms with E-state index in [4.69, 9.17) is 0 Å². The molecule has 0 saturated heterocycles. The Balaban J connectivity index is 2.63. The molecule has 67 valence electrons. The van der Waals surface area contributed by atoms with Crippen LogP contribution in [0.25, 0.3) is 10.1 Å². The third-order valence-corrected chi connectivity index (χ3v) is 2.80. The predicted octanol–water partition coefficient (Wildman–Crippen LogP) is 3.72. The molecular formula is C9H4F3S. The molecule has 0 bridgehead atoms. The molecule has 0 aliphatic rings. The van der Waals surface area contributed by atoms with Gasteiger partial charge in [-0.1, -0.05) is 6.07 Å². The van der Waals surface area contributed by atoms with Gasteiger partial charge in [-0.05, 0) is 29.7 Å². The minimum Gasteiger partial charge on any atom is -0.165 e. The Labute approximate surface area is 76.6 Å². The zero-order valence-corrected chi connectivity index (χ0v) is 7.17. The smallest absolute Gasteiger partial charge is 0.165 e. The zero-order chi connectivity index (χ0) is 9.47. The van der Waals surface area contributed by atoms with E-state index in [1.807, 2.05) is 0 Å². The van der Waals surface area contributed by atoms with E-state index in [1.54, 1.807) is 18.2 Å². The van der Waals surface area contributed by atoms with Crippen molar-refractivity contribution in [2.75, 3.05) is 0 Å². The van der Waals surface area contributed by atoms with Crippen LogP contribution in [0.15, 0.2) is 24.3 Å². The Morgan fingerprint density at radius 3 is 2.69 bits per heavy atom.